The topological polar surface area (TPSA) is 86.2 Å². The number of rotatable bonds is 5. The van der Waals surface area contributed by atoms with E-state index in [1.54, 1.807) is 19.1 Å². The molecule has 0 spiro atoms. The molecule has 6 heteroatoms. The zero-order valence-electron chi connectivity index (χ0n) is 10.8. The van der Waals surface area contributed by atoms with Crippen molar-refractivity contribution >= 4 is 21.4 Å². The minimum Gasteiger partial charge on any atom is -0.330 e. The molecule has 2 atom stereocenters. The SMILES string of the molecule is CCS(=O)(=O)[C@@H]1[C@@H](c2cccc(Cl)c2)C1(CN)CN. The summed E-state index contributed by atoms with van der Waals surface area (Å²) in [5.74, 6) is -0.0395. The minimum atomic E-state index is -3.17. The molecule has 1 aliphatic rings. The second-order valence-electron chi connectivity index (χ2n) is 5.05. The summed E-state index contributed by atoms with van der Waals surface area (Å²) in [5.41, 5.74) is 12.0. The van der Waals surface area contributed by atoms with Gasteiger partial charge in [-0.1, -0.05) is 30.7 Å². The van der Waals surface area contributed by atoms with Gasteiger partial charge in [0.1, 0.15) is 0 Å². The Morgan fingerprint density at radius 2 is 1.95 bits per heavy atom. The molecular weight excluding hydrogens is 284 g/mol. The summed E-state index contributed by atoms with van der Waals surface area (Å²) in [5, 5.41) is 0.110. The molecule has 1 aliphatic carbocycles. The van der Waals surface area contributed by atoms with Crippen LogP contribution in [-0.2, 0) is 9.84 Å². The highest BCUT2D eigenvalue weighted by atomic mass is 35.5. The van der Waals surface area contributed by atoms with Crippen LogP contribution in [-0.4, -0.2) is 32.5 Å². The molecule has 0 aliphatic heterocycles. The smallest absolute Gasteiger partial charge is 0.154 e. The van der Waals surface area contributed by atoms with E-state index in [4.69, 9.17) is 23.1 Å². The number of hydrogen-bond donors (Lipinski definition) is 2. The third-order valence-corrected chi connectivity index (χ3v) is 6.69. The van der Waals surface area contributed by atoms with E-state index in [0.717, 1.165) is 5.56 Å². The summed E-state index contributed by atoms with van der Waals surface area (Å²) in [6, 6.07) is 7.28. The quantitative estimate of drug-likeness (QED) is 0.854. The Hall–Kier alpha value is -0.620. The van der Waals surface area contributed by atoms with E-state index in [2.05, 4.69) is 0 Å². The molecule has 1 fully saturated rings. The van der Waals surface area contributed by atoms with Gasteiger partial charge >= 0.3 is 0 Å². The van der Waals surface area contributed by atoms with Crippen molar-refractivity contribution in [2.24, 2.45) is 16.9 Å². The van der Waals surface area contributed by atoms with E-state index in [9.17, 15) is 8.42 Å². The summed E-state index contributed by atoms with van der Waals surface area (Å²) in [4.78, 5) is 0. The standard InChI is InChI=1S/C13H19ClN2O2S/c1-2-19(17,18)12-11(13(12,7-15)8-16)9-4-3-5-10(14)6-9/h3-6,11-12H,2,7-8,15-16H2,1H3/t11-,12-/m1/s1. The maximum absolute atomic E-state index is 12.2. The Morgan fingerprint density at radius 1 is 1.32 bits per heavy atom. The lowest BCUT2D eigenvalue weighted by molar-refractivity contribution is 0.510. The molecule has 0 saturated heterocycles. The Labute approximate surface area is 119 Å². The molecule has 1 saturated carbocycles. The van der Waals surface area contributed by atoms with Gasteiger partial charge in [0.05, 0.1) is 5.25 Å². The van der Waals surface area contributed by atoms with Crippen molar-refractivity contribution in [3.63, 3.8) is 0 Å². The molecule has 0 radical (unpaired) electrons. The lowest BCUT2D eigenvalue weighted by Crippen LogP contribution is -2.31. The second-order valence-corrected chi connectivity index (χ2v) is 7.89. The molecule has 106 valence electrons. The van der Waals surface area contributed by atoms with Crippen LogP contribution in [0.15, 0.2) is 24.3 Å². The van der Waals surface area contributed by atoms with Gasteiger partial charge < -0.3 is 11.5 Å². The predicted octanol–water partition coefficient (Wildman–Crippen LogP) is 1.14. The summed E-state index contributed by atoms with van der Waals surface area (Å²) in [7, 11) is -3.17. The first-order valence-corrected chi connectivity index (χ1v) is 8.39. The molecule has 1 aromatic rings. The van der Waals surface area contributed by atoms with Crippen molar-refractivity contribution < 1.29 is 8.42 Å². The Balaban J connectivity index is 2.45. The van der Waals surface area contributed by atoms with Gasteiger partial charge in [0, 0.05) is 35.2 Å². The highest BCUT2D eigenvalue weighted by molar-refractivity contribution is 7.92. The van der Waals surface area contributed by atoms with E-state index >= 15 is 0 Å². The van der Waals surface area contributed by atoms with Gasteiger partial charge in [0.15, 0.2) is 9.84 Å². The summed E-state index contributed by atoms with van der Waals surface area (Å²) >= 11 is 5.98. The molecule has 2 rings (SSSR count). The van der Waals surface area contributed by atoms with Crippen LogP contribution in [0.5, 0.6) is 0 Å². The molecule has 0 bridgehead atoms. The van der Waals surface area contributed by atoms with Crippen LogP contribution in [0.4, 0.5) is 0 Å². The molecule has 0 aromatic heterocycles. The molecule has 0 amide bonds. The van der Waals surface area contributed by atoms with Crippen LogP contribution in [0.1, 0.15) is 18.4 Å². The third-order valence-electron chi connectivity index (χ3n) is 4.14. The van der Waals surface area contributed by atoms with Gasteiger partial charge in [-0.05, 0) is 17.7 Å². The van der Waals surface area contributed by atoms with Crippen LogP contribution < -0.4 is 11.5 Å². The van der Waals surface area contributed by atoms with Crippen molar-refractivity contribution in [1.82, 2.24) is 0 Å². The molecule has 4 N–H and O–H groups in total. The second kappa shape index (κ2) is 5.05. The van der Waals surface area contributed by atoms with Gasteiger partial charge in [0.25, 0.3) is 0 Å². The number of sulfone groups is 1. The van der Waals surface area contributed by atoms with Crippen molar-refractivity contribution in [3.05, 3.63) is 34.9 Å². The zero-order chi connectivity index (χ0) is 14.3. The Bertz CT molecular complexity index is 570. The molecule has 1 aromatic carbocycles. The first kappa shape index (κ1) is 14.8. The van der Waals surface area contributed by atoms with E-state index in [-0.39, 0.29) is 24.8 Å². The molecule has 0 unspecified atom stereocenters. The van der Waals surface area contributed by atoms with Crippen LogP contribution in [0.2, 0.25) is 5.02 Å². The highest BCUT2D eigenvalue weighted by Crippen LogP contribution is 2.62. The van der Waals surface area contributed by atoms with Crippen LogP contribution in [0.3, 0.4) is 0 Å². The Morgan fingerprint density at radius 3 is 2.42 bits per heavy atom. The fourth-order valence-corrected chi connectivity index (χ4v) is 5.35. The van der Waals surface area contributed by atoms with Gasteiger partial charge in [-0.2, -0.15) is 0 Å². The van der Waals surface area contributed by atoms with E-state index in [0.29, 0.717) is 5.02 Å². The van der Waals surface area contributed by atoms with Crippen LogP contribution in [0.25, 0.3) is 0 Å². The van der Waals surface area contributed by atoms with E-state index in [1.807, 2.05) is 12.1 Å². The van der Waals surface area contributed by atoms with E-state index < -0.39 is 20.5 Å². The van der Waals surface area contributed by atoms with Crippen molar-refractivity contribution in [2.75, 3.05) is 18.8 Å². The molecular formula is C13H19ClN2O2S. The first-order valence-electron chi connectivity index (χ1n) is 6.30. The number of halogens is 1. The summed E-state index contributed by atoms with van der Waals surface area (Å²) in [6.45, 7) is 2.19. The monoisotopic (exact) mass is 302 g/mol. The number of nitrogens with two attached hydrogens (primary N) is 2. The number of hydrogen-bond acceptors (Lipinski definition) is 4. The van der Waals surface area contributed by atoms with Crippen molar-refractivity contribution in [1.29, 1.82) is 0 Å². The lowest BCUT2D eigenvalue weighted by Gasteiger charge is -2.12. The summed E-state index contributed by atoms with van der Waals surface area (Å²) in [6.07, 6.45) is 0. The van der Waals surface area contributed by atoms with Gasteiger partial charge in [0.2, 0.25) is 0 Å². The van der Waals surface area contributed by atoms with Gasteiger partial charge in [-0.25, -0.2) is 8.42 Å². The lowest BCUT2D eigenvalue weighted by atomic mass is 9.99. The average Bonchev–Trinajstić information content (AvgIpc) is 3.09. The number of benzene rings is 1. The predicted molar refractivity (Wildman–Crippen MR) is 78.0 cm³/mol. The fraction of sp³-hybridized carbons (Fsp3) is 0.538. The van der Waals surface area contributed by atoms with Crippen molar-refractivity contribution in [3.8, 4) is 0 Å². The largest absolute Gasteiger partial charge is 0.330 e. The summed E-state index contributed by atoms with van der Waals surface area (Å²) < 4.78 is 24.4. The van der Waals surface area contributed by atoms with Gasteiger partial charge in [-0.15, -0.1) is 0 Å². The van der Waals surface area contributed by atoms with Crippen molar-refractivity contribution in [2.45, 2.75) is 18.1 Å². The Kier molecular flexibility index (Phi) is 3.93. The van der Waals surface area contributed by atoms with E-state index in [1.165, 1.54) is 0 Å². The third kappa shape index (κ3) is 2.29. The molecule has 4 nitrogen and oxygen atoms in total. The van der Waals surface area contributed by atoms with Gasteiger partial charge in [-0.3, -0.25) is 0 Å². The van der Waals surface area contributed by atoms with Crippen LogP contribution >= 0.6 is 11.6 Å². The first-order chi connectivity index (χ1) is 8.93. The minimum absolute atomic E-state index is 0.108. The van der Waals surface area contributed by atoms with Crippen LogP contribution in [0, 0.1) is 5.41 Å². The molecule has 0 heterocycles. The highest BCUT2D eigenvalue weighted by Gasteiger charge is 2.68. The zero-order valence-corrected chi connectivity index (χ0v) is 12.4. The maximum Gasteiger partial charge on any atom is 0.154 e. The normalized spacial score (nSPS) is 25.3. The fourth-order valence-electron chi connectivity index (χ4n) is 2.97. The molecule has 19 heavy (non-hydrogen) atoms. The average molecular weight is 303 g/mol. The maximum atomic E-state index is 12.2.